The largest absolute Gasteiger partial charge is 0.386 e. The highest BCUT2D eigenvalue weighted by atomic mass is 79.9. The molecule has 1 N–H and O–H groups in total. The monoisotopic (exact) mass is 231 g/mol. The van der Waals surface area contributed by atoms with Crippen LogP contribution in [0.1, 0.15) is 17.4 Å². The second-order valence-electron chi connectivity index (χ2n) is 2.05. The Balaban J connectivity index is 2.70. The molecule has 1 rings (SSSR count). The molecule has 4 heteroatoms. The molecule has 2 nitrogen and oxygen atoms in total. The zero-order valence-corrected chi connectivity index (χ0v) is 8.02. The zero-order valence-electron chi connectivity index (χ0n) is 5.62. The molecule has 0 saturated carbocycles. The summed E-state index contributed by atoms with van der Waals surface area (Å²) in [6, 6.07) is 3.74. The molecule has 11 heavy (non-hydrogen) atoms. The summed E-state index contributed by atoms with van der Waals surface area (Å²) in [7, 11) is 0. The van der Waals surface area contributed by atoms with Gasteiger partial charge in [0.2, 0.25) is 0 Å². The minimum Gasteiger partial charge on any atom is -0.386 e. The molecule has 0 radical (unpaired) electrons. The lowest BCUT2D eigenvalue weighted by Gasteiger charge is -1.99. The van der Waals surface area contributed by atoms with E-state index in [1.165, 1.54) is 11.3 Å². The lowest BCUT2D eigenvalue weighted by Crippen LogP contribution is -1.90. The first-order valence-electron chi connectivity index (χ1n) is 3.03. The number of thiophene rings is 1. The van der Waals surface area contributed by atoms with Crippen LogP contribution in [0.2, 0.25) is 0 Å². The lowest BCUT2D eigenvalue weighted by molar-refractivity contribution is 0.187. The smallest absolute Gasteiger partial charge is 0.101 e. The van der Waals surface area contributed by atoms with Crippen LogP contribution < -0.4 is 0 Å². The van der Waals surface area contributed by atoms with Crippen molar-refractivity contribution in [1.29, 1.82) is 5.26 Å². The van der Waals surface area contributed by atoms with Gasteiger partial charge in [0.05, 0.1) is 12.5 Å². The first-order valence-corrected chi connectivity index (χ1v) is 4.70. The predicted octanol–water partition coefficient (Wildman–Crippen LogP) is 2.46. The Labute approximate surface area is 77.2 Å². The summed E-state index contributed by atoms with van der Waals surface area (Å²) in [5, 5.41) is 19.5. The fourth-order valence-corrected chi connectivity index (χ4v) is 2.12. The van der Waals surface area contributed by atoms with Gasteiger partial charge in [0.1, 0.15) is 6.10 Å². The fraction of sp³-hybridized carbons (Fsp3) is 0.286. The van der Waals surface area contributed by atoms with E-state index in [1.54, 1.807) is 0 Å². The summed E-state index contributed by atoms with van der Waals surface area (Å²) >= 11 is 4.72. The Morgan fingerprint density at radius 3 is 3.00 bits per heavy atom. The van der Waals surface area contributed by atoms with E-state index in [1.807, 2.05) is 17.5 Å². The van der Waals surface area contributed by atoms with Gasteiger partial charge in [-0.05, 0) is 22.0 Å². The van der Waals surface area contributed by atoms with Gasteiger partial charge in [0.15, 0.2) is 0 Å². The van der Waals surface area contributed by atoms with Crippen molar-refractivity contribution in [2.75, 3.05) is 0 Å². The molecule has 0 spiro atoms. The number of hydrogen-bond donors (Lipinski definition) is 1. The summed E-state index contributed by atoms with van der Waals surface area (Å²) < 4.78 is 0.953. The normalized spacial score (nSPS) is 12.5. The highest BCUT2D eigenvalue weighted by molar-refractivity contribution is 9.10. The van der Waals surface area contributed by atoms with E-state index in [-0.39, 0.29) is 6.42 Å². The van der Waals surface area contributed by atoms with Crippen LogP contribution in [0.15, 0.2) is 15.9 Å². The third kappa shape index (κ3) is 2.29. The maximum Gasteiger partial charge on any atom is 0.101 e. The number of rotatable bonds is 2. The van der Waals surface area contributed by atoms with E-state index < -0.39 is 6.10 Å². The Hall–Kier alpha value is -0.370. The van der Waals surface area contributed by atoms with Crippen molar-refractivity contribution in [3.63, 3.8) is 0 Å². The van der Waals surface area contributed by atoms with Crippen LogP contribution >= 0.6 is 27.3 Å². The molecule has 0 bridgehead atoms. The molecule has 0 aliphatic rings. The topological polar surface area (TPSA) is 44.0 Å². The predicted molar refractivity (Wildman–Crippen MR) is 47.2 cm³/mol. The van der Waals surface area contributed by atoms with E-state index >= 15 is 0 Å². The van der Waals surface area contributed by atoms with Crippen LogP contribution in [0.25, 0.3) is 0 Å². The Morgan fingerprint density at radius 1 is 1.82 bits per heavy atom. The van der Waals surface area contributed by atoms with Crippen LogP contribution in [0, 0.1) is 11.3 Å². The standard InChI is InChI=1S/C7H6BrNOS/c8-5-3-7(11-4-5)6(10)1-2-9/h3-4,6,10H,1H2. The molecule has 0 aliphatic heterocycles. The summed E-state index contributed by atoms with van der Waals surface area (Å²) in [6.07, 6.45) is -0.469. The van der Waals surface area contributed by atoms with E-state index in [0.29, 0.717) is 0 Å². The van der Waals surface area contributed by atoms with Crippen molar-refractivity contribution >= 4 is 27.3 Å². The lowest BCUT2D eigenvalue weighted by atomic mass is 10.2. The third-order valence-corrected chi connectivity index (χ3v) is 3.00. The van der Waals surface area contributed by atoms with Gasteiger partial charge in [0.25, 0.3) is 0 Å². The van der Waals surface area contributed by atoms with Crippen molar-refractivity contribution in [2.24, 2.45) is 0 Å². The molecule has 0 amide bonds. The van der Waals surface area contributed by atoms with Crippen molar-refractivity contribution in [2.45, 2.75) is 12.5 Å². The summed E-state index contributed by atoms with van der Waals surface area (Å²) in [6.45, 7) is 0. The van der Waals surface area contributed by atoms with Crippen molar-refractivity contribution < 1.29 is 5.11 Å². The van der Waals surface area contributed by atoms with Crippen LogP contribution in [-0.2, 0) is 0 Å². The Kier molecular flexibility index (Phi) is 3.06. The highest BCUT2D eigenvalue weighted by Gasteiger charge is 2.08. The van der Waals surface area contributed by atoms with Gasteiger partial charge >= 0.3 is 0 Å². The van der Waals surface area contributed by atoms with Crippen LogP contribution in [0.4, 0.5) is 0 Å². The van der Waals surface area contributed by atoms with E-state index in [4.69, 9.17) is 5.26 Å². The maximum absolute atomic E-state index is 9.30. The molecule has 0 aromatic carbocycles. The van der Waals surface area contributed by atoms with Gasteiger partial charge in [0, 0.05) is 14.7 Å². The molecule has 1 aromatic heterocycles. The zero-order chi connectivity index (χ0) is 8.27. The molecule has 1 heterocycles. The quantitative estimate of drug-likeness (QED) is 0.851. The van der Waals surface area contributed by atoms with Crippen LogP contribution in [0.5, 0.6) is 0 Å². The molecule has 0 aliphatic carbocycles. The SMILES string of the molecule is N#CCC(O)c1cc(Br)cs1. The molecular formula is C7H6BrNOS. The average Bonchev–Trinajstić information content (AvgIpc) is 2.36. The summed E-state index contributed by atoms with van der Waals surface area (Å²) in [4.78, 5) is 0.832. The van der Waals surface area contributed by atoms with E-state index in [0.717, 1.165) is 9.35 Å². The molecule has 0 fully saturated rings. The highest BCUT2D eigenvalue weighted by Crippen LogP contribution is 2.26. The number of nitrogens with zero attached hydrogens (tertiary/aromatic N) is 1. The second-order valence-corrected chi connectivity index (χ2v) is 3.90. The Bertz CT molecular complexity index is 278. The molecule has 1 atom stereocenters. The average molecular weight is 232 g/mol. The molecule has 1 unspecified atom stereocenters. The maximum atomic E-state index is 9.30. The van der Waals surface area contributed by atoms with Gasteiger partial charge in [-0.25, -0.2) is 0 Å². The number of aliphatic hydroxyl groups is 1. The van der Waals surface area contributed by atoms with Gasteiger partial charge in [-0.2, -0.15) is 5.26 Å². The first-order chi connectivity index (χ1) is 5.24. The second kappa shape index (κ2) is 3.86. The summed E-state index contributed by atoms with van der Waals surface area (Å²) in [5.74, 6) is 0. The summed E-state index contributed by atoms with van der Waals surface area (Å²) in [5.41, 5.74) is 0. The fourth-order valence-electron chi connectivity index (χ4n) is 0.690. The molecule has 1 aromatic rings. The number of halogens is 1. The minimum absolute atomic E-state index is 0.160. The van der Waals surface area contributed by atoms with E-state index in [2.05, 4.69) is 15.9 Å². The van der Waals surface area contributed by atoms with Crippen LogP contribution in [-0.4, -0.2) is 5.11 Å². The van der Waals surface area contributed by atoms with Gasteiger partial charge in [-0.3, -0.25) is 0 Å². The van der Waals surface area contributed by atoms with Crippen molar-refractivity contribution in [3.8, 4) is 6.07 Å². The number of hydrogen-bond acceptors (Lipinski definition) is 3. The number of nitriles is 1. The van der Waals surface area contributed by atoms with Gasteiger partial charge in [-0.15, -0.1) is 11.3 Å². The Morgan fingerprint density at radius 2 is 2.55 bits per heavy atom. The first kappa shape index (κ1) is 8.72. The molecule has 58 valence electrons. The number of aliphatic hydroxyl groups excluding tert-OH is 1. The molecular weight excluding hydrogens is 226 g/mol. The van der Waals surface area contributed by atoms with Gasteiger partial charge in [-0.1, -0.05) is 0 Å². The minimum atomic E-state index is -0.628. The van der Waals surface area contributed by atoms with Crippen molar-refractivity contribution in [3.05, 3.63) is 20.8 Å². The van der Waals surface area contributed by atoms with Crippen LogP contribution in [0.3, 0.4) is 0 Å². The van der Waals surface area contributed by atoms with Gasteiger partial charge < -0.3 is 5.11 Å². The molecule has 0 saturated heterocycles. The van der Waals surface area contributed by atoms with Crippen molar-refractivity contribution in [1.82, 2.24) is 0 Å². The third-order valence-electron chi connectivity index (χ3n) is 1.20. The van der Waals surface area contributed by atoms with E-state index in [9.17, 15) is 5.11 Å².